The van der Waals surface area contributed by atoms with Gasteiger partial charge in [-0.25, -0.2) is 0 Å². The number of fused-ring (bicyclic) bond motifs is 2. The van der Waals surface area contributed by atoms with Crippen LogP contribution in [0.25, 0.3) is 16.3 Å². The van der Waals surface area contributed by atoms with Crippen LogP contribution in [0.3, 0.4) is 0 Å². The molecule has 0 unspecified atom stereocenters. The molecule has 0 amide bonds. The molecule has 0 saturated heterocycles. The fourth-order valence-corrected chi connectivity index (χ4v) is 5.72. The fraction of sp³-hybridized carbons (Fsp3) is 0.208. The zero-order chi connectivity index (χ0) is 19.5. The molecule has 1 aromatic heterocycles. The second kappa shape index (κ2) is 8.38. The Bertz CT molecular complexity index is 1090. The van der Waals surface area contributed by atoms with Crippen LogP contribution >= 0.6 is 23.1 Å². The van der Waals surface area contributed by atoms with Crippen LogP contribution in [0.1, 0.15) is 25.8 Å². The summed E-state index contributed by atoms with van der Waals surface area (Å²) in [5.41, 5.74) is 3.88. The monoisotopic (exact) mass is 405 g/mol. The molecule has 3 aromatic rings. The molecule has 0 atom stereocenters. The lowest BCUT2D eigenvalue weighted by Gasteiger charge is -2.17. The second-order valence-corrected chi connectivity index (χ2v) is 8.84. The Labute approximate surface area is 175 Å². The molecule has 2 aromatic carbocycles. The number of thiazole rings is 1. The molecule has 2 heterocycles. The van der Waals surface area contributed by atoms with E-state index in [1.807, 2.05) is 23.1 Å². The molecule has 0 fully saturated rings. The molecule has 1 aliphatic rings. The highest BCUT2D eigenvalue weighted by Gasteiger charge is 2.22. The first-order chi connectivity index (χ1) is 13.7. The number of aromatic nitrogens is 1. The standard InChI is InChI=1S/C24H25N2S2/c1-4-25-19-10-6-8-12-21(19)27-23(25)16-14-18(3)15-17-24-26(5-2)20-11-7-9-13-22(20)28-24/h6-17H,4-5H2,1-3H3/q+1. The smallest absolute Gasteiger partial charge is 0.262 e. The van der Waals surface area contributed by atoms with E-state index >= 15 is 0 Å². The third-order valence-electron chi connectivity index (χ3n) is 4.88. The Morgan fingerprint density at radius 3 is 2.68 bits per heavy atom. The Balaban J connectivity index is 1.57. The van der Waals surface area contributed by atoms with Crippen molar-refractivity contribution in [3.05, 3.63) is 82.4 Å². The number of hydrogen-bond acceptors (Lipinski definition) is 3. The molecular formula is C24H25N2S2+. The molecule has 4 rings (SSSR count). The van der Waals surface area contributed by atoms with Crippen LogP contribution in [0.2, 0.25) is 0 Å². The summed E-state index contributed by atoms with van der Waals surface area (Å²) in [6.07, 6.45) is 8.92. The number of allylic oxidation sites excluding steroid dienone is 4. The van der Waals surface area contributed by atoms with Crippen molar-refractivity contribution in [2.45, 2.75) is 32.2 Å². The van der Waals surface area contributed by atoms with Gasteiger partial charge in [-0.1, -0.05) is 65.1 Å². The summed E-state index contributed by atoms with van der Waals surface area (Å²) in [7, 11) is 0. The third-order valence-corrected chi connectivity index (χ3v) is 7.14. The van der Waals surface area contributed by atoms with E-state index in [9.17, 15) is 0 Å². The SMILES string of the molecule is CCN1/C(=C/C=C(C)/C=C/c2sc3ccccc3[n+]2CC)Sc2ccccc21. The number of rotatable bonds is 5. The molecular weight excluding hydrogens is 380 g/mol. The molecule has 2 nitrogen and oxygen atoms in total. The summed E-state index contributed by atoms with van der Waals surface area (Å²) >= 11 is 3.70. The summed E-state index contributed by atoms with van der Waals surface area (Å²) in [6.45, 7) is 8.55. The first-order valence-electron chi connectivity index (χ1n) is 9.73. The molecule has 142 valence electrons. The minimum Gasteiger partial charge on any atom is -0.335 e. The van der Waals surface area contributed by atoms with Gasteiger partial charge in [-0.2, -0.15) is 4.57 Å². The average molecular weight is 406 g/mol. The van der Waals surface area contributed by atoms with E-state index in [1.165, 1.54) is 36.4 Å². The maximum atomic E-state index is 2.38. The van der Waals surface area contributed by atoms with Gasteiger partial charge in [0.15, 0.2) is 0 Å². The van der Waals surface area contributed by atoms with E-state index in [0.29, 0.717) is 0 Å². The van der Waals surface area contributed by atoms with Gasteiger partial charge < -0.3 is 4.90 Å². The minimum atomic E-state index is 0.983. The minimum absolute atomic E-state index is 0.983. The van der Waals surface area contributed by atoms with Crippen molar-refractivity contribution in [2.24, 2.45) is 0 Å². The Morgan fingerprint density at radius 2 is 1.86 bits per heavy atom. The van der Waals surface area contributed by atoms with E-state index in [1.54, 1.807) is 0 Å². The topological polar surface area (TPSA) is 7.12 Å². The highest BCUT2D eigenvalue weighted by atomic mass is 32.2. The maximum absolute atomic E-state index is 2.38. The van der Waals surface area contributed by atoms with Crippen LogP contribution in [-0.4, -0.2) is 6.54 Å². The van der Waals surface area contributed by atoms with Gasteiger partial charge in [-0.15, -0.1) is 0 Å². The van der Waals surface area contributed by atoms with Crippen LogP contribution in [0, 0.1) is 0 Å². The molecule has 4 heteroatoms. The quantitative estimate of drug-likeness (QED) is 0.347. The van der Waals surface area contributed by atoms with Crippen LogP contribution in [0.4, 0.5) is 5.69 Å². The van der Waals surface area contributed by atoms with Gasteiger partial charge in [0.2, 0.25) is 5.52 Å². The molecule has 28 heavy (non-hydrogen) atoms. The lowest BCUT2D eigenvalue weighted by atomic mass is 10.2. The van der Waals surface area contributed by atoms with Crippen molar-refractivity contribution in [1.82, 2.24) is 0 Å². The second-order valence-electron chi connectivity index (χ2n) is 6.72. The number of para-hydroxylation sites is 2. The van der Waals surface area contributed by atoms with Crippen molar-refractivity contribution in [3.8, 4) is 0 Å². The Morgan fingerprint density at radius 1 is 1.07 bits per heavy atom. The third kappa shape index (κ3) is 3.67. The molecule has 0 aliphatic carbocycles. The summed E-state index contributed by atoms with van der Waals surface area (Å²) in [5.74, 6) is 0. The Kier molecular flexibility index (Phi) is 5.69. The van der Waals surface area contributed by atoms with Gasteiger partial charge in [0.05, 0.1) is 10.7 Å². The van der Waals surface area contributed by atoms with E-state index in [0.717, 1.165) is 13.1 Å². The van der Waals surface area contributed by atoms with Gasteiger partial charge in [0.25, 0.3) is 5.01 Å². The number of hydrogen-bond donors (Lipinski definition) is 0. The highest BCUT2D eigenvalue weighted by molar-refractivity contribution is 8.03. The predicted octanol–water partition coefficient (Wildman–Crippen LogP) is 6.64. The van der Waals surface area contributed by atoms with Crippen molar-refractivity contribution >= 4 is 45.1 Å². The number of anilines is 1. The number of benzene rings is 2. The molecule has 1 aliphatic heterocycles. The van der Waals surface area contributed by atoms with Crippen molar-refractivity contribution < 1.29 is 4.57 Å². The van der Waals surface area contributed by atoms with Crippen LogP contribution < -0.4 is 9.47 Å². The fourth-order valence-electron chi connectivity index (χ4n) is 3.47. The first-order valence-corrected chi connectivity index (χ1v) is 11.4. The van der Waals surface area contributed by atoms with E-state index < -0.39 is 0 Å². The average Bonchev–Trinajstić information content (AvgIpc) is 3.27. The Hall–Kier alpha value is -2.30. The molecule has 0 bridgehead atoms. The van der Waals surface area contributed by atoms with Gasteiger partial charge in [0.1, 0.15) is 11.2 Å². The maximum Gasteiger partial charge on any atom is 0.262 e. The molecule has 0 saturated carbocycles. The first kappa shape index (κ1) is 19.0. The van der Waals surface area contributed by atoms with E-state index in [2.05, 4.69) is 103 Å². The summed E-state index contributed by atoms with van der Waals surface area (Å²) in [5, 5.41) is 2.59. The number of aryl methyl sites for hydroxylation is 1. The summed E-state index contributed by atoms with van der Waals surface area (Å²) in [6, 6.07) is 17.3. The zero-order valence-electron chi connectivity index (χ0n) is 16.6. The van der Waals surface area contributed by atoms with E-state index in [4.69, 9.17) is 0 Å². The van der Waals surface area contributed by atoms with Crippen molar-refractivity contribution in [1.29, 1.82) is 0 Å². The predicted molar refractivity (Wildman–Crippen MR) is 124 cm³/mol. The van der Waals surface area contributed by atoms with Crippen molar-refractivity contribution in [3.63, 3.8) is 0 Å². The largest absolute Gasteiger partial charge is 0.335 e. The van der Waals surface area contributed by atoms with Crippen LogP contribution in [-0.2, 0) is 6.54 Å². The highest BCUT2D eigenvalue weighted by Crippen LogP contribution is 2.45. The lowest BCUT2D eigenvalue weighted by molar-refractivity contribution is -0.665. The zero-order valence-corrected chi connectivity index (χ0v) is 18.2. The molecule has 0 spiro atoms. The normalized spacial score (nSPS) is 15.9. The molecule has 0 N–H and O–H groups in total. The van der Waals surface area contributed by atoms with Gasteiger partial charge in [0, 0.05) is 23.6 Å². The van der Waals surface area contributed by atoms with Gasteiger partial charge in [-0.05, 0) is 45.0 Å². The van der Waals surface area contributed by atoms with Crippen LogP contribution in [0.5, 0.6) is 0 Å². The number of nitrogens with zero attached hydrogens (tertiary/aromatic N) is 2. The summed E-state index contributed by atoms with van der Waals surface area (Å²) in [4.78, 5) is 3.72. The molecule has 0 radical (unpaired) electrons. The number of thioether (sulfide) groups is 1. The van der Waals surface area contributed by atoms with Crippen LogP contribution in [0.15, 0.2) is 82.3 Å². The van der Waals surface area contributed by atoms with Crippen molar-refractivity contribution in [2.75, 3.05) is 11.4 Å². The summed E-state index contributed by atoms with van der Waals surface area (Å²) < 4.78 is 3.72. The van der Waals surface area contributed by atoms with Gasteiger partial charge in [-0.3, -0.25) is 0 Å². The lowest BCUT2D eigenvalue weighted by Crippen LogP contribution is -2.33. The van der Waals surface area contributed by atoms with E-state index in [-0.39, 0.29) is 0 Å². The van der Waals surface area contributed by atoms with Gasteiger partial charge >= 0.3 is 0 Å².